The first-order chi connectivity index (χ1) is 12.5. The fourth-order valence-corrected chi connectivity index (χ4v) is 4.26. The minimum Gasteiger partial charge on any atom is -0.326 e. The second-order valence-corrected chi connectivity index (χ2v) is 8.04. The largest absolute Gasteiger partial charge is 0.326 e. The predicted octanol–water partition coefficient (Wildman–Crippen LogP) is 5.03. The third kappa shape index (κ3) is 4.75. The Kier molecular flexibility index (Phi) is 6.13. The van der Waals surface area contributed by atoms with Crippen molar-refractivity contribution in [2.45, 2.75) is 17.7 Å². The number of halogens is 1. The molecule has 0 spiro atoms. The molecule has 2 aromatic carbocycles. The van der Waals surface area contributed by atoms with E-state index < -0.39 is 0 Å². The van der Waals surface area contributed by atoms with E-state index in [0.29, 0.717) is 17.1 Å². The van der Waals surface area contributed by atoms with Gasteiger partial charge in [-0.1, -0.05) is 42.4 Å². The number of thiazole rings is 1. The minimum absolute atomic E-state index is 0.0280. The highest BCUT2D eigenvalue weighted by Crippen LogP contribution is 2.31. The minimum atomic E-state index is -0.141. The summed E-state index contributed by atoms with van der Waals surface area (Å²) in [6.45, 7) is 1.81. The molecular weight excluding hydrogens is 390 g/mol. The first kappa shape index (κ1) is 18.7. The maximum absolute atomic E-state index is 12.1. The van der Waals surface area contributed by atoms with E-state index >= 15 is 0 Å². The smallest absolute Gasteiger partial charge is 0.234 e. The molecule has 1 aromatic heterocycles. The zero-order valence-corrected chi connectivity index (χ0v) is 16.3. The van der Waals surface area contributed by atoms with Gasteiger partial charge in [0, 0.05) is 12.1 Å². The van der Waals surface area contributed by atoms with E-state index in [4.69, 9.17) is 11.6 Å². The Morgan fingerprint density at radius 1 is 1.15 bits per heavy atom. The van der Waals surface area contributed by atoms with Crippen LogP contribution in [0.4, 0.5) is 11.4 Å². The number of amides is 2. The zero-order chi connectivity index (χ0) is 18.5. The van der Waals surface area contributed by atoms with Crippen molar-refractivity contribution >= 4 is 68.1 Å². The van der Waals surface area contributed by atoms with Gasteiger partial charge in [0.05, 0.1) is 26.7 Å². The number of benzene rings is 2. The van der Waals surface area contributed by atoms with Crippen molar-refractivity contribution in [3.8, 4) is 0 Å². The zero-order valence-electron chi connectivity index (χ0n) is 13.9. The molecule has 0 atom stereocenters. The van der Waals surface area contributed by atoms with Gasteiger partial charge < -0.3 is 10.6 Å². The van der Waals surface area contributed by atoms with Gasteiger partial charge >= 0.3 is 0 Å². The number of hydrogen-bond donors (Lipinski definition) is 2. The molecule has 0 aliphatic heterocycles. The highest BCUT2D eigenvalue weighted by Gasteiger charge is 2.10. The molecule has 0 aliphatic carbocycles. The summed E-state index contributed by atoms with van der Waals surface area (Å²) in [5.74, 6) is 0.0720. The quantitative estimate of drug-likeness (QED) is 0.564. The molecule has 1 heterocycles. The van der Waals surface area contributed by atoms with Crippen LogP contribution in [-0.2, 0) is 9.59 Å². The Balaban J connectivity index is 1.63. The van der Waals surface area contributed by atoms with Crippen molar-refractivity contribution in [2.24, 2.45) is 0 Å². The molecule has 2 amide bonds. The van der Waals surface area contributed by atoms with Gasteiger partial charge in [-0.05, 0) is 30.3 Å². The molecule has 0 fully saturated rings. The summed E-state index contributed by atoms with van der Waals surface area (Å²) in [5, 5.41) is 6.13. The van der Waals surface area contributed by atoms with Crippen LogP contribution in [0.5, 0.6) is 0 Å². The number of aromatic nitrogens is 1. The van der Waals surface area contributed by atoms with Gasteiger partial charge in [0.2, 0.25) is 11.8 Å². The van der Waals surface area contributed by atoms with Crippen LogP contribution in [0.2, 0.25) is 5.02 Å². The van der Waals surface area contributed by atoms with Crippen LogP contribution in [0.15, 0.2) is 46.8 Å². The SMILES string of the molecule is CCC(=O)Nc1ccc2nc(SCC(=O)Nc3ccccc3Cl)sc2c1. The average Bonchev–Trinajstić information content (AvgIpc) is 3.04. The standard InChI is InChI=1S/C18H16ClN3O2S2/c1-2-16(23)20-11-7-8-14-15(9-11)26-18(22-14)25-10-17(24)21-13-6-4-3-5-12(13)19/h3-9H,2,10H2,1H3,(H,20,23)(H,21,24). The summed E-state index contributed by atoms with van der Waals surface area (Å²) in [6.07, 6.45) is 0.433. The molecule has 2 N–H and O–H groups in total. The lowest BCUT2D eigenvalue weighted by Gasteiger charge is -2.05. The van der Waals surface area contributed by atoms with Crippen LogP contribution < -0.4 is 10.6 Å². The van der Waals surface area contributed by atoms with Crippen LogP contribution in [0.25, 0.3) is 10.2 Å². The highest BCUT2D eigenvalue weighted by atomic mass is 35.5. The molecule has 0 saturated heterocycles. The summed E-state index contributed by atoms with van der Waals surface area (Å²) in [4.78, 5) is 28.1. The molecule has 8 heteroatoms. The fourth-order valence-electron chi connectivity index (χ4n) is 2.17. The van der Waals surface area contributed by atoms with Crippen molar-refractivity contribution in [2.75, 3.05) is 16.4 Å². The van der Waals surface area contributed by atoms with E-state index in [1.54, 1.807) is 12.1 Å². The molecule has 3 aromatic rings. The van der Waals surface area contributed by atoms with Crippen molar-refractivity contribution in [1.82, 2.24) is 4.98 Å². The lowest BCUT2D eigenvalue weighted by molar-refractivity contribution is -0.116. The highest BCUT2D eigenvalue weighted by molar-refractivity contribution is 8.01. The molecule has 0 radical (unpaired) electrons. The number of thioether (sulfide) groups is 1. The monoisotopic (exact) mass is 405 g/mol. The lowest BCUT2D eigenvalue weighted by atomic mass is 10.3. The van der Waals surface area contributed by atoms with Gasteiger partial charge in [-0.25, -0.2) is 4.98 Å². The lowest BCUT2D eigenvalue weighted by Crippen LogP contribution is -2.14. The van der Waals surface area contributed by atoms with Crippen molar-refractivity contribution < 1.29 is 9.59 Å². The van der Waals surface area contributed by atoms with E-state index in [-0.39, 0.29) is 17.6 Å². The number of rotatable bonds is 6. The number of para-hydroxylation sites is 1. The Bertz CT molecular complexity index is 959. The molecule has 26 heavy (non-hydrogen) atoms. The first-order valence-corrected chi connectivity index (χ1v) is 10.1. The molecule has 134 valence electrons. The second-order valence-electron chi connectivity index (χ2n) is 5.38. The van der Waals surface area contributed by atoms with E-state index in [1.807, 2.05) is 37.3 Å². The summed E-state index contributed by atoms with van der Waals surface area (Å²) < 4.78 is 1.76. The topological polar surface area (TPSA) is 71.1 Å². The van der Waals surface area contributed by atoms with Gasteiger partial charge in [0.15, 0.2) is 4.34 Å². The van der Waals surface area contributed by atoms with E-state index in [2.05, 4.69) is 15.6 Å². The number of nitrogens with one attached hydrogen (secondary N) is 2. The molecule has 5 nitrogen and oxygen atoms in total. The normalized spacial score (nSPS) is 10.7. The molecule has 3 rings (SSSR count). The van der Waals surface area contributed by atoms with Gasteiger partial charge in [0.1, 0.15) is 0 Å². The Morgan fingerprint density at radius 3 is 2.73 bits per heavy atom. The summed E-state index contributed by atoms with van der Waals surface area (Å²) in [7, 11) is 0. The number of fused-ring (bicyclic) bond motifs is 1. The van der Waals surface area contributed by atoms with Crippen LogP contribution in [0.1, 0.15) is 13.3 Å². The summed E-state index contributed by atoms with van der Waals surface area (Å²) in [5.41, 5.74) is 2.19. The Labute approximate surface area is 164 Å². The third-order valence-corrected chi connectivity index (χ3v) is 5.94. The average molecular weight is 406 g/mol. The predicted molar refractivity (Wildman–Crippen MR) is 109 cm³/mol. The van der Waals surface area contributed by atoms with Crippen molar-refractivity contribution in [3.05, 3.63) is 47.5 Å². The number of carbonyl (C=O) groups excluding carboxylic acids is 2. The van der Waals surface area contributed by atoms with Crippen LogP contribution in [0.3, 0.4) is 0 Å². The number of carbonyl (C=O) groups is 2. The third-order valence-electron chi connectivity index (χ3n) is 3.45. The number of nitrogens with zero attached hydrogens (tertiary/aromatic N) is 1. The van der Waals surface area contributed by atoms with E-state index in [0.717, 1.165) is 20.2 Å². The van der Waals surface area contributed by atoms with Crippen molar-refractivity contribution in [1.29, 1.82) is 0 Å². The maximum Gasteiger partial charge on any atom is 0.234 e. The van der Waals surface area contributed by atoms with Crippen molar-refractivity contribution in [3.63, 3.8) is 0 Å². The molecular formula is C18H16ClN3O2S2. The van der Waals surface area contributed by atoms with Crippen LogP contribution >= 0.6 is 34.7 Å². The maximum atomic E-state index is 12.1. The van der Waals surface area contributed by atoms with Gasteiger partial charge in [-0.2, -0.15) is 0 Å². The molecule has 0 aliphatic rings. The number of anilines is 2. The number of hydrogen-bond acceptors (Lipinski definition) is 5. The van der Waals surface area contributed by atoms with E-state index in [1.165, 1.54) is 23.1 Å². The van der Waals surface area contributed by atoms with Gasteiger partial charge in [-0.3, -0.25) is 9.59 Å². The Morgan fingerprint density at radius 2 is 1.96 bits per heavy atom. The molecule has 0 bridgehead atoms. The fraction of sp³-hybridized carbons (Fsp3) is 0.167. The molecule has 0 saturated carbocycles. The van der Waals surface area contributed by atoms with Gasteiger partial charge in [0.25, 0.3) is 0 Å². The van der Waals surface area contributed by atoms with Crippen LogP contribution in [-0.4, -0.2) is 22.6 Å². The second kappa shape index (κ2) is 8.53. The van der Waals surface area contributed by atoms with Crippen LogP contribution in [0, 0.1) is 0 Å². The summed E-state index contributed by atoms with van der Waals surface area (Å²) in [6, 6.07) is 12.7. The summed E-state index contributed by atoms with van der Waals surface area (Å²) >= 11 is 8.90. The Hall–Kier alpha value is -2.09. The van der Waals surface area contributed by atoms with E-state index in [9.17, 15) is 9.59 Å². The first-order valence-electron chi connectivity index (χ1n) is 7.93. The molecule has 0 unspecified atom stereocenters. The van der Waals surface area contributed by atoms with Gasteiger partial charge in [-0.15, -0.1) is 11.3 Å².